The van der Waals surface area contributed by atoms with Gasteiger partial charge in [0, 0.05) is 25.2 Å². The molecule has 1 unspecified atom stereocenters. The van der Waals surface area contributed by atoms with Gasteiger partial charge in [-0.05, 0) is 19.3 Å². The van der Waals surface area contributed by atoms with Gasteiger partial charge in [0.15, 0.2) is 0 Å². The molecule has 1 aromatic rings. The number of aromatic nitrogens is 2. The van der Waals surface area contributed by atoms with Crippen LogP contribution >= 0.6 is 11.6 Å². The fourth-order valence-electron chi connectivity index (χ4n) is 2.68. The number of hydrogen-bond acceptors (Lipinski definition) is 4. The Morgan fingerprint density at radius 3 is 3.00 bits per heavy atom. The molecule has 0 amide bonds. The standard InChI is InChI=1S/C14H17ClN4O/c1-2-6-19-14(20)13(12(15)8-16-19)17-10-5-7-18(9-10)11-3-4-11/h1,8,10-11,17H,3-7,9H2. The first kappa shape index (κ1) is 13.5. The van der Waals surface area contributed by atoms with Gasteiger partial charge in [-0.3, -0.25) is 9.69 Å². The van der Waals surface area contributed by atoms with Gasteiger partial charge in [0.05, 0.1) is 11.2 Å². The van der Waals surface area contributed by atoms with Crippen LogP contribution < -0.4 is 10.9 Å². The van der Waals surface area contributed by atoms with Gasteiger partial charge in [0.1, 0.15) is 12.2 Å². The van der Waals surface area contributed by atoms with E-state index < -0.39 is 0 Å². The van der Waals surface area contributed by atoms with Crippen LogP contribution in [0.5, 0.6) is 0 Å². The highest BCUT2D eigenvalue weighted by Crippen LogP contribution is 2.30. The molecule has 6 heteroatoms. The largest absolute Gasteiger partial charge is 0.375 e. The third-order valence-corrected chi connectivity index (χ3v) is 4.16. The third-order valence-electron chi connectivity index (χ3n) is 3.87. The highest BCUT2D eigenvalue weighted by atomic mass is 35.5. The molecular weight excluding hydrogens is 276 g/mol. The normalized spacial score (nSPS) is 22.7. The van der Waals surface area contributed by atoms with Gasteiger partial charge in [0.2, 0.25) is 0 Å². The van der Waals surface area contributed by atoms with E-state index in [1.807, 2.05) is 0 Å². The Labute approximate surface area is 122 Å². The van der Waals surface area contributed by atoms with Crippen LogP contribution in [0.2, 0.25) is 5.02 Å². The molecule has 1 aromatic heterocycles. The number of nitrogens with zero attached hydrogens (tertiary/aromatic N) is 3. The van der Waals surface area contributed by atoms with Crippen LogP contribution in [-0.4, -0.2) is 39.9 Å². The Morgan fingerprint density at radius 2 is 2.30 bits per heavy atom. The first-order valence-electron chi connectivity index (χ1n) is 6.88. The molecule has 106 valence electrons. The van der Waals surface area contributed by atoms with Crippen molar-refractivity contribution in [2.75, 3.05) is 18.4 Å². The molecule has 1 aliphatic heterocycles. The second kappa shape index (κ2) is 5.47. The number of nitrogens with one attached hydrogen (secondary N) is 1. The summed E-state index contributed by atoms with van der Waals surface area (Å²) >= 11 is 6.09. The molecule has 5 nitrogen and oxygen atoms in total. The molecule has 0 radical (unpaired) electrons. The summed E-state index contributed by atoms with van der Waals surface area (Å²) in [5.74, 6) is 2.42. The molecule has 1 aliphatic carbocycles. The molecule has 2 fully saturated rings. The second-order valence-corrected chi connectivity index (χ2v) is 5.80. The van der Waals surface area contributed by atoms with Crippen molar-refractivity contribution in [2.45, 2.75) is 37.9 Å². The van der Waals surface area contributed by atoms with E-state index in [9.17, 15) is 4.79 Å². The first-order chi connectivity index (χ1) is 9.69. The number of terminal acetylenes is 1. The van der Waals surface area contributed by atoms with Crippen LogP contribution in [0.3, 0.4) is 0 Å². The molecule has 1 saturated heterocycles. The molecule has 1 N–H and O–H groups in total. The lowest BCUT2D eigenvalue weighted by molar-refractivity contribution is 0.326. The van der Waals surface area contributed by atoms with E-state index in [0.29, 0.717) is 10.7 Å². The van der Waals surface area contributed by atoms with Crippen LogP contribution in [0.1, 0.15) is 19.3 Å². The van der Waals surface area contributed by atoms with Gasteiger partial charge >= 0.3 is 0 Å². The summed E-state index contributed by atoms with van der Waals surface area (Å²) in [5.41, 5.74) is 0.167. The Morgan fingerprint density at radius 1 is 1.50 bits per heavy atom. The quantitative estimate of drug-likeness (QED) is 0.847. The Kier molecular flexibility index (Phi) is 3.68. The van der Waals surface area contributed by atoms with Gasteiger partial charge in [0.25, 0.3) is 5.56 Å². The van der Waals surface area contributed by atoms with Crippen molar-refractivity contribution in [3.05, 3.63) is 21.6 Å². The molecule has 2 heterocycles. The van der Waals surface area contributed by atoms with Crippen LogP contribution in [0, 0.1) is 12.3 Å². The molecule has 1 atom stereocenters. The summed E-state index contributed by atoms with van der Waals surface area (Å²) in [5, 5.41) is 7.56. The van der Waals surface area contributed by atoms with Gasteiger partial charge < -0.3 is 5.32 Å². The van der Waals surface area contributed by atoms with E-state index in [1.54, 1.807) is 0 Å². The lowest BCUT2D eigenvalue weighted by atomic mass is 10.2. The Bertz CT molecular complexity index is 602. The van der Waals surface area contributed by atoms with E-state index in [2.05, 4.69) is 21.2 Å². The molecule has 20 heavy (non-hydrogen) atoms. The highest BCUT2D eigenvalue weighted by molar-refractivity contribution is 6.33. The maximum Gasteiger partial charge on any atom is 0.292 e. The summed E-state index contributed by atoms with van der Waals surface area (Å²) in [7, 11) is 0. The lowest BCUT2D eigenvalue weighted by Crippen LogP contribution is -2.32. The van der Waals surface area contributed by atoms with Crippen molar-refractivity contribution in [3.63, 3.8) is 0 Å². The second-order valence-electron chi connectivity index (χ2n) is 5.39. The zero-order chi connectivity index (χ0) is 14.1. The van der Waals surface area contributed by atoms with Crippen LogP contribution in [0.25, 0.3) is 0 Å². The maximum absolute atomic E-state index is 12.2. The van der Waals surface area contributed by atoms with Crippen LogP contribution in [-0.2, 0) is 6.54 Å². The zero-order valence-corrected chi connectivity index (χ0v) is 11.9. The monoisotopic (exact) mass is 292 g/mol. The van der Waals surface area contributed by atoms with Crippen molar-refractivity contribution in [1.82, 2.24) is 14.7 Å². The van der Waals surface area contributed by atoms with E-state index in [-0.39, 0.29) is 18.1 Å². The van der Waals surface area contributed by atoms with Crippen LogP contribution in [0.15, 0.2) is 11.0 Å². The van der Waals surface area contributed by atoms with Crippen molar-refractivity contribution in [2.24, 2.45) is 0 Å². The summed E-state index contributed by atoms with van der Waals surface area (Å²) in [6, 6.07) is 1.02. The number of anilines is 1. The minimum atomic E-state index is -0.250. The van der Waals surface area contributed by atoms with Crippen LogP contribution in [0.4, 0.5) is 5.69 Å². The summed E-state index contributed by atoms with van der Waals surface area (Å²) < 4.78 is 1.25. The van der Waals surface area contributed by atoms with E-state index in [1.165, 1.54) is 23.7 Å². The van der Waals surface area contributed by atoms with Crippen molar-refractivity contribution in [3.8, 4) is 12.3 Å². The number of hydrogen-bond donors (Lipinski definition) is 1. The Balaban J connectivity index is 1.75. The molecule has 0 aromatic carbocycles. The molecule has 0 spiro atoms. The molecule has 1 saturated carbocycles. The number of halogens is 1. The lowest BCUT2D eigenvalue weighted by Gasteiger charge is -2.17. The van der Waals surface area contributed by atoms with Gasteiger partial charge in [-0.1, -0.05) is 17.5 Å². The topological polar surface area (TPSA) is 50.2 Å². The highest BCUT2D eigenvalue weighted by Gasteiger charge is 2.34. The van der Waals surface area contributed by atoms with Crippen molar-refractivity contribution >= 4 is 17.3 Å². The molecule has 2 aliphatic rings. The van der Waals surface area contributed by atoms with Crippen molar-refractivity contribution in [1.29, 1.82) is 0 Å². The predicted octanol–water partition coefficient (Wildman–Crippen LogP) is 1.18. The summed E-state index contributed by atoms with van der Waals surface area (Å²) in [6.07, 6.45) is 10.3. The minimum Gasteiger partial charge on any atom is -0.375 e. The average molecular weight is 293 g/mol. The smallest absolute Gasteiger partial charge is 0.292 e. The molecule has 3 rings (SSSR count). The van der Waals surface area contributed by atoms with E-state index in [0.717, 1.165) is 25.6 Å². The van der Waals surface area contributed by atoms with Gasteiger partial charge in [-0.2, -0.15) is 5.10 Å². The fraction of sp³-hybridized carbons (Fsp3) is 0.571. The molecule has 0 bridgehead atoms. The molecular formula is C14H17ClN4O. The number of likely N-dealkylation sites (tertiary alicyclic amines) is 1. The predicted molar refractivity (Wildman–Crippen MR) is 79.0 cm³/mol. The first-order valence-corrected chi connectivity index (χ1v) is 7.26. The van der Waals surface area contributed by atoms with E-state index in [4.69, 9.17) is 18.0 Å². The summed E-state index contributed by atoms with van der Waals surface area (Å²) in [4.78, 5) is 14.7. The number of rotatable bonds is 4. The fourth-order valence-corrected chi connectivity index (χ4v) is 2.86. The minimum absolute atomic E-state index is 0.156. The average Bonchev–Trinajstić information content (AvgIpc) is 3.18. The summed E-state index contributed by atoms with van der Waals surface area (Å²) in [6.45, 7) is 2.21. The maximum atomic E-state index is 12.2. The SMILES string of the molecule is C#CCn1ncc(Cl)c(NC2CCN(C3CC3)C2)c1=O. The van der Waals surface area contributed by atoms with E-state index >= 15 is 0 Å². The van der Waals surface area contributed by atoms with Gasteiger partial charge in [-0.25, -0.2) is 4.68 Å². The third kappa shape index (κ3) is 2.67. The zero-order valence-electron chi connectivity index (χ0n) is 11.2. The van der Waals surface area contributed by atoms with Gasteiger partial charge in [-0.15, -0.1) is 6.42 Å². The van der Waals surface area contributed by atoms with Crippen molar-refractivity contribution < 1.29 is 0 Å². The Hall–Kier alpha value is -1.51.